The Kier molecular flexibility index (Phi) is 5.25. The van der Waals surface area contributed by atoms with Crippen LogP contribution in [0.25, 0.3) is 0 Å². The van der Waals surface area contributed by atoms with Crippen molar-refractivity contribution in [3.8, 4) is 0 Å². The van der Waals surface area contributed by atoms with Gasteiger partial charge in [0, 0.05) is 12.6 Å². The normalized spacial score (nSPS) is 9.60. The minimum atomic E-state index is 0.111. The van der Waals surface area contributed by atoms with Crippen LogP contribution in [-0.4, -0.2) is 29.4 Å². The van der Waals surface area contributed by atoms with Crippen molar-refractivity contribution in [3.63, 3.8) is 0 Å². The van der Waals surface area contributed by atoms with E-state index in [0.717, 1.165) is 0 Å². The van der Waals surface area contributed by atoms with Crippen LogP contribution in [0.15, 0.2) is 0 Å². The number of aliphatic hydroxyl groups excluding tert-OH is 1. The molecule has 60 valence electrons. The average Bonchev–Trinajstić information content (AvgIpc) is 1.82. The van der Waals surface area contributed by atoms with E-state index >= 15 is 0 Å². The minimum Gasteiger partial charge on any atom is -0.395 e. The van der Waals surface area contributed by atoms with Crippen molar-refractivity contribution >= 4 is 17.3 Å². The van der Waals surface area contributed by atoms with Crippen LogP contribution in [-0.2, 0) is 0 Å². The van der Waals surface area contributed by atoms with Gasteiger partial charge in [0.25, 0.3) is 0 Å². The van der Waals surface area contributed by atoms with Crippen molar-refractivity contribution in [2.75, 3.05) is 13.2 Å². The lowest BCUT2D eigenvalue weighted by Gasteiger charge is -2.11. The molecule has 10 heavy (non-hydrogen) atoms. The molecule has 0 amide bonds. The first-order valence-corrected chi connectivity index (χ1v) is 3.73. The van der Waals surface area contributed by atoms with E-state index in [2.05, 4.69) is 10.6 Å². The minimum absolute atomic E-state index is 0.111. The number of aliphatic hydroxyl groups is 1. The summed E-state index contributed by atoms with van der Waals surface area (Å²) in [6.45, 7) is 4.64. The van der Waals surface area contributed by atoms with E-state index in [-0.39, 0.29) is 6.61 Å². The fourth-order valence-corrected chi connectivity index (χ4v) is 0.820. The largest absolute Gasteiger partial charge is 0.395 e. The molecule has 0 rings (SSSR count). The summed E-state index contributed by atoms with van der Waals surface area (Å²) in [6, 6.07) is 0.346. The summed E-state index contributed by atoms with van der Waals surface area (Å²) in [7, 11) is 0. The Morgan fingerprint density at radius 3 is 2.60 bits per heavy atom. The summed E-state index contributed by atoms with van der Waals surface area (Å²) in [5, 5.41) is 14.8. The maximum Gasteiger partial charge on any atom is 0.166 e. The van der Waals surface area contributed by atoms with Gasteiger partial charge in [0.05, 0.1) is 6.61 Å². The number of hydrogen-bond donors (Lipinski definition) is 3. The molecule has 0 aromatic carbocycles. The van der Waals surface area contributed by atoms with Gasteiger partial charge in [-0.15, -0.1) is 0 Å². The van der Waals surface area contributed by atoms with Crippen LogP contribution in [0.3, 0.4) is 0 Å². The number of hydrogen-bond acceptors (Lipinski definition) is 2. The molecule has 0 radical (unpaired) electrons. The summed E-state index contributed by atoms with van der Waals surface area (Å²) >= 11 is 4.86. The van der Waals surface area contributed by atoms with E-state index in [1.807, 2.05) is 13.8 Å². The number of nitrogens with one attached hydrogen (secondary N) is 2. The van der Waals surface area contributed by atoms with Crippen LogP contribution in [0.4, 0.5) is 0 Å². The zero-order chi connectivity index (χ0) is 7.98. The van der Waals surface area contributed by atoms with Gasteiger partial charge in [0.2, 0.25) is 0 Å². The highest BCUT2D eigenvalue weighted by Crippen LogP contribution is 1.75. The Labute approximate surface area is 66.8 Å². The highest BCUT2D eigenvalue weighted by atomic mass is 32.1. The van der Waals surface area contributed by atoms with Gasteiger partial charge >= 0.3 is 0 Å². The van der Waals surface area contributed by atoms with E-state index in [0.29, 0.717) is 17.7 Å². The fraction of sp³-hybridized carbons (Fsp3) is 0.833. The summed E-state index contributed by atoms with van der Waals surface area (Å²) in [5.74, 6) is 0. The Balaban J connectivity index is 3.26. The average molecular weight is 162 g/mol. The monoisotopic (exact) mass is 162 g/mol. The van der Waals surface area contributed by atoms with Crippen LogP contribution in [0.2, 0.25) is 0 Å². The van der Waals surface area contributed by atoms with E-state index < -0.39 is 0 Å². The lowest BCUT2D eigenvalue weighted by molar-refractivity contribution is 0.300. The van der Waals surface area contributed by atoms with Crippen molar-refractivity contribution < 1.29 is 5.11 Å². The van der Waals surface area contributed by atoms with Crippen molar-refractivity contribution in [2.45, 2.75) is 19.9 Å². The molecule has 0 unspecified atom stereocenters. The van der Waals surface area contributed by atoms with Gasteiger partial charge in [-0.3, -0.25) is 0 Å². The zero-order valence-corrected chi connectivity index (χ0v) is 7.16. The molecule has 0 saturated carbocycles. The van der Waals surface area contributed by atoms with Gasteiger partial charge in [0.1, 0.15) is 0 Å². The van der Waals surface area contributed by atoms with E-state index in [4.69, 9.17) is 17.3 Å². The van der Waals surface area contributed by atoms with E-state index in [9.17, 15) is 0 Å². The molecule has 0 atom stereocenters. The third kappa shape index (κ3) is 5.78. The molecule has 0 bridgehead atoms. The van der Waals surface area contributed by atoms with Gasteiger partial charge in [-0.2, -0.15) is 0 Å². The first kappa shape index (κ1) is 9.65. The van der Waals surface area contributed by atoms with Gasteiger partial charge in [-0.25, -0.2) is 0 Å². The standard InChI is InChI=1S/C6H14N2OS/c1-5(2)8-6(10)7-3-4-9/h5,9H,3-4H2,1-2H3,(H2,7,8,10). The van der Waals surface area contributed by atoms with Gasteiger partial charge in [-0.1, -0.05) is 0 Å². The molecular formula is C6H14N2OS. The van der Waals surface area contributed by atoms with E-state index in [1.165, 1.54) is 0 Å². The van der Waals surface area contributed by atoms with Crippen LogP contribution >= 0.6 is 12.2 Å². The second-order valence-electron chi connectivity index (χ2n) is 2.28. The molecule has 0 fully saturated rings. The van der Waals surface area contributed by atoms with Crippen molar-refractivity contribution in [3.05, 3.63) is 0 Å². The molecule has 0 aliphatic rings. The van der Waals surface area contributed by atoms with Gasteiger partial charge in [0.15, 0.2) is 5.11 Å². The molecule has 0 aliphatic heterocycles. The van der Waals surface area contributed by atoms with Gasteiger partial charge in [-0.05, 0) is 26.1 Å². The maximum absolute atomic E-state index is 8.40. The number of thiocarbonyl (C=S) groups is 1. The molecule has 4 heteroatoms. The highest BCUT2D eigenvalue weighted by molar-refractivity contribution is 7.80. The summed E-state index contributed by atoms with van der Waals surface area (Å²) in [4.78, 5) is 0. The first-order valence-electron chi connectivity index (χ1n) is 3.32. The lowest BCUT2D eigenvalue weighted by atomic mass is 10.4. The fourth-order valence-electron chi connectivity index (χ4n) is 0.483. The Morgan fingerprint density at radius 2 is 2.20 bits per heavy atom. The summed E-state index contributed by atoms with van der Waals surface area (Å²) in [6.07, 6.45) is 0. The predicted octanol–water partition coefficient (Wildman–Crippen LogP) is -0.149. The van der Waals surface area contributed by atoms with Crippen LogP contribution in [0, 0.1) is 0 Å². The molecular weight excluding hydrogens is 148 g/mol. The molecule has 0 aliphatic carbocycles. The second-order valence-corrected chi connectivity index (χ2v) is 2.69. The molecule has 0 spiro atoms. The maximum atomic E-state index is 8.40. The highest BCUT2D eigenvalue weighted by Gasteiger charge is 1.94. The van der Waals surface area contributed by atoms with Crippen LogP contribution < -0.4 is 10.6 Å². The molecule has 3 nitrogen and oxygen atoms in total. The Hall–Kier alpha value is -0.350. The lowest BCUT2D eigenvalue weighted by Crippen LogP contribution is -2.40. The van der Waals surface area contributed by atoms with Crippen molar-refractivity contribution in [1.82, 2.24) is 10.6 Å². The first-order chi connectivity index (χ1) is 4.66. The molecule has 0 heterocycles. The topological polar surface area (TPSA) is 44.3 Å². The molecule has 0 aromatic heterocycles. The zero-order valence-electron chi connectivity index (χ0n) is 6.35. The van der Waals surface area contributed by atoms with E-state index in [1.54, 1.807) is 0 Å². The second kappa shape index (κ2) is 5.44. The third-order valence-electron chi connectivity index (χ3n) is 0.817. The van der Waals surface area contributed by atoms with Crippen molar-refractivity contribution in [2.24, 2.45) is 0 Å². The van der Waals surface area contributed by atoms with Crippen molar-refractivity contribution in [1.29, 1.82) is 0 Å². The van der Waals surface area contributed by atoms with Crippen LogP contribution in [0.5, 0.6) is 0 Å². The van der Waals surface area contributed by atoms with Gasteiger partial charge < -0.3 is 15.7 Å². The molecule has 0 saturated heterocycles. The predicted molar refractivity (Wildman–Crippen MR) is 46.0 cm³/mol. The smallest absolute Gasteiger partial charge is 0.166 e. The van der Waals surface area contributed by atoms with Crippen LogP contribution in [0.1, 0.15) is 13.8 Å². The third-order valence-corrected chi connectivity index (χ3v) is 1.08. The Morgan fingerprint density at radius 1 is 1.60 bits per heavy atom. The summed E-state index contributed by atoms with van der Waals surface area (Å²) < 4.78 is 0. The SMILES string of the molecule is CC(C)NC(=S)NCCO. The Bertz CT molecular complexity index is 106. The molecule has 0 aromatic rings. The summed E-state index contributed by atoms with van der Waals surface area (Å²) in [5.41, 5.74) is 0. The quantitative estimate of drug-likeness (QED) is 0.505. The molecule has 3 N–H and O–H groups in total. The number of rotatable bonds is 3.